The van der Waals surface area contributed by atoms with E-state index in [-0.39, 0.29) is 12.5 Å². The van der Waals surface area contributed by atoms with Crippen LogP contribution < -0.4 is 0 Å². The summed E-state index contributed by atoms with van der Waals surface area (Å²) in [6.07, 6.45) is 0.0179. The van der Waals surface area contributed by atoms with E-state index in [0.717, 1.165) is 22.4 Å². The summed E-state index contributed by atoms with van der Waals surface area (Å²) in [6.45, 7) is 4.62. The quantitative estimate of drug-likeness (QED) is 0.898. The zero-order valence-corrected chi connectivity index (χ0v) is 11.4. The summed E-state index contributed by atoms with van der Waals surface area (Å²) in [7, 11) is 1.64. The van der Waals surface area contributed by atoms with Gasteiger partial charge in [0.1, 0.15) is 12.4 Å². The average Bonchev–Trinajstić information content (AvgIpc) is 2.65. The molecule has 0 aliphatic carbocycles. The molecule has 0 aliphatic heterocycles. The van der Waals surface area contributed by atoms with Crippen molar-refractivity contribution >= 4 is 17.0 Å². The van der Waals surface area contributed by atoms with Gasteiger partial charge in [-0.15, -0.1) is 0 Å². The molecule has 1 aromatic heterocycles. The molecule has 1 aromatic carbocycles. The highest BCUT2D eigenvalue weighted by Crippen LogP contribution is 2.23. The number of benzene rings is 1. The molecule has 1 heterocycles. The number of carboxylic acids is 1. The monoisotopic (exact) mass is 262 g/mol. The van der Waals surface area contributed by atoms with Crippen LogP contribution in [0.15, 0.2) is 18.2 Å². The molecule has 5 nitrogen and oxygen atoms in total. The summed E-state index contributed by atoms with van der Waals surface area (Å²) in [6, 6.07) is 5.88. The lowest BCUT2D eigenvalue weighted by Crippen LogP contribution is -2.07. The van der Waals surface area contributed by atoms with Crippen molar-refractivity contribution in [1.29, 1.82) is 0 Å². The fourth-order valence-electron chi connectivity index (χ4n) is 2.29. The van der Waals surface area contributed by atoms with E-state index in [1.807, 2.05) is 18.2 Å². The Balaban J connectivity index is 2.52. The lowest BCUT2D eigenvalue weighted by Gasteiger charge is -2.12. The van der Waals surface area contributed by atoms with Crippen molar-refractivity contribution in [2.75, 3.05) is 7.11 Å². The predicted molar refractivity (Wildman–Crippen MR) is 72.2 cm³/mol. The molecular weight excluding hydrogens is 244 g/mol. The number of methoxy groups -OCH3 is 1. The Morgan fingerprint density at radius 2 is 2.21 bits per heavy atom. The van der Waals surface area contributed by atoms with Crippen molar-refractivity contribution in [3.8, 4) is 0 Å². The highest BCUT2D eigenvalue weighted by molar-refractivity contribution is 5.79. The maximum Gasteiger partial charge on any atom is 0.307 e. The smallest absolute Gasteiger partial charge is 0.307 e. The molecule has 0 atom stereocenters. The third kappa shape index (κ3) is 2.76. The topological polar surface area (TPSA) is 64.3 Å². The van der Waals surface area contributed by atoms with E-state index in [0.29, 0.717) is 6.61 Å². The molecule has 0 aliphatic rings. The predicted octanol–water partition coefficient (Wildman–Crippen LogP) is 2.39. The van der Waals surface area contributed by atoms with Gasteiger partial charge in [-0.25, -0.2) is 4.98 Å². The second-order valence-electron chi connectivity index (χ2n) is 4.82. The van der Waals surface area contributed by atoms with Crippen LogP contribution in [0, 0.1) is 0 Å². The zero-order chi connectivity index (χ0) is 14.0. The molecule has 2 rings (SSSR count). The average molecular weight is 262 g/mol. The van der Waals surface area contributed by atoms with Crippen LogP contribution in [0.2, 0.25) is 0 Å². The third-order valence-corrected chi connectivity index (χ3v) is 2.97. The molecule has 0 bridgehead atoms. The summed E-state index contributed by atoms with van der Waals surface area (Å²) >= 11 is 0. The van der Waals surface area contributed by atoms with Crippen molar-refractivity contribution in [2.24, 2.45) is 0 Å². The van der Waals surface area contributed by atoms with E-state index in [1.165, 1.54) is 0 Å². The minimum atomic E-state index is -0.834. The van der Waals surface area contributed by atoms with Crippen LogP contribution in [0.5, 0.6) is 0 Å². The Morgan fingerprint density at radius 3 is 2.79 bits per heavy atom. The number of carboxylic acid groups (broad SMARTS) is 1. The van der Waals surface area contributed by atoms with Gasteiger partial charge in [-0.1, -0.05) is 6.07 Å². The molecule has 1 N–H and O–H groups in total. The van der Waals surface area contributed by atoms with Gasteiger partial charge in [-0.05, 0) is 31.5 Å². The van der Waals surface area contributed by atoms with E-state index >= 15 is 0 Å². The summed E-state index contributed by atoms with van der Waals surface area (Å²) < 4.78 is 7.28. The van der Waals surface area contributed by atoms with E-state index in [4.69, 9.17) is 9.84 Å². The number of imidazole rings is 1. The highest BCUT2D eigenvalue weighted by atomic mass is 16.5. The number of aromatic nitrogens is 2. The number of ether oxygens (including phenoxy) is 1. The summed E-state index contributed by atoms with van der Waals surface area (Å²) in [5.41, 5.74) is 2.59. The third-order valence-electron chi connectivity index (χ3n) is 2.97. The number of aliphatic carboxylic acids is 1. The van der Waals surface area contributed by atoms with Gasteiger partial charge >= 0.3 is 5.97 Å². The number of rotatable bonds is 5. The molecule has 19 heavy (non-hydrogen) atoms. The lowest BCUT2D eigenvalue weighted by molar-refractivity contribution is -0.136. The van der Waals surface area contributed by atoms with Crippen LogP contribution in [0.1, 0.15) is 31.3 Å². The summed E-state index contributed by atoms with van der Waals surface area (Å²) in [5, 5.41) is 8.83. The molecule has 0 saturated carbocycles. The maximum absolute atomic E-state index is 10.7. The van der Waals surface area contributed by atoms with Crippen molar-refractivity contribution < 1.29 is 14.6 Å². The van der Waals surface area contributed by atoms with Gasteiger partial charge in [-0.3, -0.25) is 4.79 Å². The molecule has 0 amide bonds. The molecule has 5 heteroatoms. The molecule has 0 spiro atoms. The van der Waals surface area contributed by atoms with Crippen LogP contribution in [-0.4, -0.2) is 27.7 Å². The Hall–Kier alpha value is -1.88. The SMILES string of the molecule is COCc1nc2cc(CC(=O)O)ccc2n1C(C)C. The fraction of sp³-hybridized carbons (Fsp3) is 0.429. The zero-order valence-electron chi connectivity index (χ0n) is 11.4. The Bertz CT molecular complexity index is 602. The van der Waals surface area contributed by atoms with Crippen molar-refractivity contribution in [3.63, 3.8) is 0 Å². The number of nitrogens with zero attached hydrogens (tertiary/aromatic N) is 2. The van der Waals surface area contributed by atoms with Crippen LogP contribution >= 0.6 is 0 Å². The van der Waals surface area contributed by atoms with Gasteiger partial charge in [0, 0.05) is 13.2 Å². The lowest BCUT2D eigenvalue weighted by atomic mass is 10.1. The number of hydrogen-bond acceptors (Lipinski definition) is 3. The Morgan fingerprint density at radius 1 is 1.47 bits per heavy atom. The molecule has 0 unspecified atom stereocenters. The summed E-state index contributed by atoms with van der Waals surface area (Å²) in [5.74, 6) is 0.0275. The van der Waals surface area contributed by atoms with Crippen LogP contribution in [-0.2, 0) is 22.6 Å². The first-order chi connectivity index (χ1) is 9.02. The molecule has 0 saturated heterocycles. The van der Waals surface area contributed by atoms with E-state index in [1.54, 1.807) is 7.11 Å². The first kappa shape index (κ1) is 13.5. The molecular formula is C14H18N2O3. The maximum atomic E-state index is 10.7. The van der Waals surface area contributed by atoms with Crippen molar-refractivity contribution in [3.05, 3.63) is 29.6 Å². The van der Waals surface area contributed by atoms with Crippen LogP contribution in [0.25, 0.3) is 11.0 Å². The van der Waals surface area contributed by atoms with Gasteiger partial charge in [0.25, 0.3) is 0 Å². The first-order valence-electron chi connectivity index (χ1n) is 6.23. The van der Waals surface area contributed by atoms with Crippen molar-refractivity contribution in [2.45, 2.75) is 32.9 Å². The van der Waals surface area contributed by atoms with Crippen LogP contribution in [0.3, 0.4) is 0 Å². The molecule has 2 aromatic rings. The second-order valence-corrected chi connectivity index (χ2v) is 4.82. The number of fused-ring (bicyclic) bond motifs is 1. The Kier molecular flexibility index (Phi) is 3.85. The molecule has 102 valence electrons. The van der Waals surface area contributed by atoms with Gasteiger partial charge < -0.3 is 14.4 Å². The van der Waals surface area contributed by atoms with Gasteiger partial charge in [0.15, 0.2) is 0 Å². The largest absolute Gasteiger partial charge is 0.481 e. The number of hydrogen-bond donors (Lipinski definition) is 1. The highest BCUT2D eigenvalue weighted by Gasteiger charge is 2.13. The minimum Gasteiger partial charge on any atom is -0.481 e. The van der Waals surface area contributed by atoms with E-state index < -0.39 is 5.97 Å². The second kappa shape index (κ2) is 5.40. The normalized spacial score (nSPS) is 11.4. The standard InChI is InChI=1S/C14H18N2O3/c1-9(2)16-12-5-4-10(7-14(17)18)6-11(12)15-13(16)8-19-3/h4-6,9H,7-8H2,1-3H3,(H,17,18). The first-order valence-corrected chi connectivity index (χ1v) is 6.23. The van der Waals surface area contributed by atoms with Crippen molar-refractivity contribution in [1.82, 2.24) is 9.55 Å². The van der Waals surface area contributed by atoms with Gasteiger partial charge in [0.05, 0.1) is 17.5 Å². The van der Waals surface area contributed by atoms with Crippen LogP contribution in [0.4, 0.5) is 0 Å². The molecule has 0 fully saturated rings. The van der Waals surface area contributed by atoms with E-state index in [9.17, 15) is 4.79 Å². The molecule has 0 radical (unpaired) electrons. The fourth-order valence-corrected chi connectivity index (χ4v) is 2.29. The van der Waals surface area contributed by atoms with Gasteiger partial charge in [0.2, 0.25) is 0 Å². The number of carbonyl (C=O) groups is 1. The Labute approximate surface area is 111 Å². The summed E-state index contributed by atoms with van der Waals surface area (Å²) in [4.78, 5) is 15.3. The van der Waals surface area contributed by atoms with E-state index in [2.05, 4.69) is 23.4 Å². The van der Waals surface area contributed by atoms with Gasteiger partial charge in [-0.2, -0.15) is 0 Å². The minimum absolute atomic E-state index is 0.0179.